The molecule has 0 amide bonds. The number of quaternary nitrogens is 1. The number of aliphatic imine (C=N–C) groups is 1. The van der Waals surface area contributed by atoms with Gasteiger partial charge in [-0.05, 0) is 20.8 Å². The predicted octanol–water partition coefficient (Wildman–Crippen LogP) is -2.05. The third-order valence-corrected chi connectivity index (χ3v) is 8.00. The smallest absolute Gasteiger partial charge is 0.339 e. The Labute approximate surface area is 289 Å². The van der Waals surface area contributed by atoms with Gasteiger partial charge >= 0.3 is 29.8 Å². The molecule has 0 radical (unpaired) electrons. The Hall–Kier alpha value is -3.47. The highest BCUT2D eigenvalue weighted by molar-refractivity contribution is 7.80. The van der Waals surface area contributed by atoms with Crippen LogP contribution in [0, 0.1) is 0 Å². The van der Waals surface area contributed by atoms with Gasteiger partial charge in [0.25, 0.3) is 0 Å². The lowest BCUT2D eigenvalue weighted by molar-refractivity contribution is -0.894. The number of methoxy groups -OCH3 is 1. The van der Waals surface area contributed by atoms with Gasteiger partial charge in [0.15, 0.2) is 36.6 Å². The minimum Gasteiger partial charge on any atom is -0.726 e. The van der Waals surface area contributed by atoms with Crippen LogP contribution >= 0.6 is 0 Å². The van der Waals surface area contributed by atoms with Crippen LogP contribution in [0.3, 0.4) is 0 Å². The van der Waals surface area contributed by atoms with Gasteiger partial charge in [-0.3, -0.25) is 23.4 Å². The molecule has 3 rings (SSSR count). The van der Waals surface area contributed by atoms with Crippen LogP contribution in [0.15, 0.2) is 4.99 Å². The molecule has 1 N–H and O–H groups in total. The van der Waals surface area contributed by atoms with Crippen molar-refractivity contribution in [2.24, 2.45) is 4.99 Å². The number of ether oxygens (including phenoxy) is 9. The zero-order valence-corrected chi connectivity index (χ0v) is 30.1. The van der Waals surface area contributed by atoms with E-state index in [9.17, 15) is 36.9 Å². The lowest BCUT2D eigenvalue weighted by Crippen LogP contribution is -3.11. The number of carbonyl (C=O) groups is 5. The topological polar surface area (TPSA) is 252 Å². The summed E-state index contributed by atoms with van der Waals surface area (Å²) in [6.45, 7) is 15.3. The third-order valence-electron chi connectivity index (χ3n) is 7.54. The lowest BCUT2D eigenvalue weighted by Gasteiger charge is -2.47. The Bertz CT molecular complexity index is 1330. The van der Waals surface area contributed by atoms with Gasteiger partial charge in [0.05, 0.1) is 26.7 Å². The predicted molar refractivity (Wildman–Crippen MR) is 163 cm³/mol. The Morgan fingerprint density at radius 1 is 0.800 bits per heavy atom. The van der Waals surface area contributed by atoms with E-state index in [0.717, 1.165) is 34.8 Å². The molecule has 2 fully saturated rings. The molecule has 0 saturated carbocycles. The first-order valence-electron chi connectivity index (χ1n) is 15.7. The first kappa shape index (κ1) is 42.7. The van der Waals surface area contributed by atoms with Crippen LogP contribution in [0.25, 0.3) is 0 Å². The standard InChI is InChI=1S/C23H31NO18S.C6H15N/c1-8-24-14-16(15(42-43(30,31)32)13(7-34-9(2)25)39-22(14)35-8)40-23-20(38-12(5)28)18(37-11(4)27)17(36-10(3)26)19(41-23)21(29)33-6;1-4-7(5-2)6-3/h13-20,22-23H,7H2,1-6H3,(H,30,31,32);4-6H2,1-3H3/t13-,14?,15-,16-,17+,18+,19+,20-,22?,23-;/m1./s1. The molecule has 50 heavy (non-hydrogen) atoms. The minimum absolute atomic E-state index is 0.0433. The average molecular weight is 743 g/mol. The van der Waals surface area contributed by atoms with Crippen molar-refractivity contribution in [1.29, 1.82) is 0 Å². The van der Waals surface area contributed by atoms with Gasteiger partial charge in [-0.1, -0.05) is 0 Å². The van der Waals surface area contributed by atoms with E-state index in [0.29, 0.717) is 0 Å². The van der Waals surface area contributed by atoms with Crippen molar-refractivity contribution in [1.82, 2.24) is 0 Å². The van der Waals surface area contributed by atoms with Gasteiger partial charge in [-0.25, -0.2) is 18.2 Å². The van der Waals surface area contributed by atoms with E-state index in [4.69, 9.17) is 46.8 Å². The Morgan fingerprint density at radius 2 is 1.34 bits per heavy atom. The largest absolute Gasteiger partial charge is 0.726 e. The van der Waals surface area contributed by atoms with Crippen LogP contribution in [0.1, 0.15) is 55.4 Å². The van der Waals surface area contributed by atoms with Gasteiger partial charge in [-0.15, -0.1) is 0 Å². The Morgan fingerprint density at radius 3 is 1.80 bits per heavy atom. The number of rotatable bonds is 13. The summed E-state index contributed by atoms with van der Waals surface area (Å²) in [7, 11) is -4.51. The summed E-state index contributed by atoms with van der Waals surface area (Å²) in [5, 5.41) is 0. The van der Waals surface area contributed by atoms with Crippen LogP contribution in [-0.2, 0) is 81.2 Å². The zero-order chi connectivity index (χ0) is 37.9. The molecule has 21 heteroatoms. The molecule has 286 valence electrons. The van der Waals surface area contributed by atoms with E-state index in [2.05, 4.69) is 25.8 Å². The molecule has 3 aliphatic rings. The SMILES string of the molecule is CC[NH+](CC)CC.COC(=O)[C@H]1O[C@@H](O[C@@H]2C3N=C(C)OC3O[C@H](COC(C)=O)[C@H]2OS(=O)(=O)[O-])[C@H](OC(C)=O)[C@@H](OC(C)=O)[C@@H]1OC(C)=O. The van der Waals surface area contributed by atoms with Crippen molar-refractivity contribution in [3.05, 3.63) is 0 Å². The second-order valence-corrected chi connectivity index (χ2v) is 12.2. The van der Waals surface area contributed by atoms with Crippen molar-refractivity contribution in [2.45, 2.75) is 117 Å². The highest BCUT2D eigenvalue weighted by atomic mass is 32.3. The lowest BCUT2D eigenvalue weighted by atomic mass is 9.95. The van der Waals surface area contributed by atoms with E-state index in [1.165, 1.54) is 26.6 Å². The molecule has 3 heterocycles. The van der Waals surface area contributed by atoms with Crippen LogP contribution in [0.4, 0.5) is 0 Å². The number of carbonyl (C=O) groups excluding carboxylic acids is 5. The van der Waals surface area contributed by atoms with Crippen molar-refractivity contribution in [2.75, 3.05) is 33.4 Å². The number of esters is 5. The van der Waals surface area contributed by atoms with Gasteiger partial charge in [0, 0.05) is 34.6 Å². The molecule has 10 atom stereocenters. The second-order valence-electron chi connectivity index (χ2n) is 11.2. The normalized spacial score (nSPS) is 30.3. The highest BCUT2D eigenvalue weighted by Crippen LogP contribution is 2.37. The molecule has 0 aliphatic carbocycles. The molecular formula is C29H46N2O18S. The minimum atomic E-state index is -5.49. The van der Waals surface area contributed by atoms with Gasteiger partial charge in [0.2, 0.25) is 16.7 Å². The third kappa shape index (κ3) is 12.4. The van der Waals surface area contributed by atoms with Gasteiger partial charge in [0.1, 0.15) is 31.0 Å². The van der Waals surface area contributed by atoms with E-state index >= 15 is 0 Å². The quantitative estimate of drug-likeness (QED) is 0.0922. The monoisotopic (exact) mass is 742 g/mol. The fourth-order valence-corrected chi connectivity index (χ4v) is 5.88. The summed E-state index contributed by atoms with van der Waals surface area (Å²) in [6.07, 6.45) is -15.4. The van der Waals surface area contributed by atoms with Crippen LogP contribution in [0.5, 0.6) is 0 Å². The first-order valence-corrected chi connectivity index (χ1v) is 17.1. The Kier molecular flexibility index (Phi) is 16.4. The highest BCUT2D eigenvalue weighted by Gasteiger charge is 2.59. The summed E-state index contributed by atoms with van der Waals surface area (Å²) in [4.78, 5) is 66.2. The first-order chi connectivity index (χ1) is 23.3. The summed E-state index contributed by atoms with van der Waals surface area (Å²) >= 11 is 0. The van der Waals surface area contributed by atoms with E-state index in [-0.39, 0.29) is 5.90 Å². The van der Waals surface area contributed by atoms with Gasteiger partial charge < -0.3 is 52.1 Å². The fourth-order valence-electron chi connectivity index (χ4n) is 5.37. The number of hydrogen-bond acceptors (Lipinski definition) is 19. The molecule has 0 bridgehead atoms. The number of hydrogen-bond donors (Lipinski definition) is 1. The maximum absolute atomic E-state index is 12.7. The van der Waals surface area contributed by atoms with E-state index in [1.807, 2.05) is 0 Å². The number of fused-ring (bicyclic) bond motifs is 1. The molecular weight excluding hydrogens is 696 g/mol. The van der Waals surface area contributed by atoms with Crippen molar-refractivity contribution < 1.29 is 88.7 Å². The van der Waals surface area contributed by atoms with Crippen molar-refractivity contribution in [3.63, 3.8) is 0 Å². The summed E-state index contributed by atoms with van der Waals surface area (Å²) in [6, 6.07) is -1.27. The van der Waals surface area contributed by atoms with Crippen molar-refractivity contribution >= 4 is 46.1 Å². The van der Waals surface area contributed by atoms with Gasteiger partial charge in [-0.2, -0.15) is 0 Å². The summed E-state index contributed by atoms with van der Waals surface area (Å²) < 4.78 is 88.4. The van der Waals surface area contributed by atoms with Crippen molar-refractivity contribution in [3.8, 4) is 0 Å². The Balaban J connectivity index is 0.00000112. The number of nitrogens with one attached hydrogen (secondary N) is 1. The van der Waals surface area contributed by atoms with E-state index in [1.54, 1.807) is 4.90 Å². The number of nitrogens with zero attached hydrogens (tertiary/aromatic N) is 1. The second kappa shape index (κ2) is 19.2. The maximum Gasteiger partial charge on any atom is 0.339 e. The molecule has 3 aliphatic heterocycles. The maximum atomic E-state index is 12.7. The molecule has 2 unspecified atom stereocenters. The molecule has 0 aromatic heterocycles. The van der Waals surface area contributed by atoms with Crippen LogP contribution in [-0.4, -0.2) is 143 Å². The molecule has 2 saturated heterocycles. The summed E-state index contributed by atoms with van der Waals surface area (Å²) in [5.74, 6) is -4.75. The molecule has 0 aromatic rings. The van der Waals surface area contributed by atoms with E-state index < -0.39 is 108 Å². The fraction of sp³-hybridized carbons (Fsp3) is 0.793. The van der Waals surface area contributed by atoms with Crippen LogP contribution < -0.4 is 4.90 Å². The molecule has 0 spiro atoms. The molecule has 20 nitrogen and oxygen atoms in total. The molecule has 0 aromatic carbocycles. The zero-order valence-electron chi connectivity index (χ0n) is 29.3. The van der Waals surface area contributed by atoms with Crippen LogP contribution in [0.2, 0.25) is 0 Å². The average Bonchev–Trinajstić information content (AvgIpc) is 3.39. The summed E-state index contributed by atoms with van der Waals surface area (Å²) in [5.41, 5.74) is 0.